The maximum absolute atomic E-state index is 10.8. The quantitative estimate of drug-likeness (QED) is 0.468. The van der Waals surface area contributed by atoms with Crippen molar-refractivity contribution in [2.45, 2.75) is 18.9 Å². The van der Waals surface area contributed by atoms with Gasteiger partial charge in [0.05, 0.1) is 10.5 Å². The lowest BCUT2D eigenvalue weighted by molar-refractivity contribution is -0.386. The number of nitro groups is 1. The molecule has 0 aromatic heterocycles. The zero-order valence-corrected chi connectivity index (χ0v) is 10.1. The summed E-state index contributed by atoms with van der Waals surface area (Å²) in [6.07, 6.45) is -0.663. The number of benzene rings is 1. The first kappa shape index (κ1) is 14.4. The minimum Gasteiger partial charge on any atom is -0.479 e. The predicted octanol–water partition coefficient (Wildman–Crippen LogP) is 1.88. The minimum absolute atomic E-state index is 0.209. The standard InChI is InChI=1S/C11H12ClNO5/c12-5-1-2-7-3-4-9(13(17)18)8(6-7)10(14)11(15)16/h3-4,6,10,14H,1-2,5H2,(H,15,16). The van der Waals surface area contributed by atoms with Crippen LogP contribution in [0.5, 0.6) is 0 Å². The van der Waals surface area contributed by atoms with Crippen LogP contribution in [0.25, 0.3) is 0 Å². The van der Waals surface area contributed by atoms with E-state index >= 15 is 0 Å². The topological polar surface area (TPSA) is 101 Å². The zero-order valence-electron chi connectivity index (χ0n) is 9.38. The number of aliphatic hydroxyl groups is 1. The van der Waals surface area contributed by atoms with Crippen LogP contribution in [0.1, 0.15) is 23.7 Å². The molecule has 0 aliphatic heterocycles. The molecule has 1 atom stereocenters. The van der Waals surface area contributed by atoms with Crippen molar-refractivity contribution in [1.29, 1.82) is 0 Å². The lowest BCUT2D eigenvalue weighted by atomic mass is 10.0. The molecule has 1 unspecified atom stereocenters. The van der Waals surface area contributed by atoms with E-state index in [9.17, 15) is 20.0 Å². The van der Waals surface area contributed by atoms with Crippen LogP contribution >= 0.6 is 11.6 Å². The molecule has 0 heterocycles. The fourth-order valence-corrected chi connectivity index (χ4v) is 1.68. The van der Waals surface area contributed by atoms with E-state index in [1.807, 2.05) is 0 Å². The fourth-order valence-electron chi connectivity index (χ4n) is 1.55. The highest BCUT2D eigenvalue weighted by Gasteiger charge is 2.25. The summed E-state index contributed by atoms with van der Waals surface area (Å²) in [6.45, 7) is 0. The summed E-state index contributed by atoms with van der Waals surface area (Å²) in [7, 11) is 0. The second-order valence-corrected chi connectivity index (χ2v) is 4.06. The summed E-state index contributed by atoms with van der Waals surface area (Å²) in [5.74, 6) is -1.08. The molecule has 0 spiro atoms. The Balaban J connectivity index is 3.15. The number of hydrogen-bond donors (Lipinski definition) is 2. The van der Waals surface area contributed by atoms with Crippen LogP contribution in [-0.2, 0) is 11.2 Å². The van der Waals surface area contributed by atoms with Crippen LogP contribution < -0.4 is 0 Å². The van der Waals surface area contributed by atoms with Crippen molar-refractivity contribution in [3.05, 3.63) is 39.4 Å². The van der Waals surface area contributed by atoms with Gasteiger partial charge in [-0.25, -0.2) is 4.79 Å². The number of carboxylic acid groups (broad SMARTS) is 1. The molecule has 0 aliphatic rings. The van der Waals surface area contributed by atoms with Crippen LogP contribution in [-0.4, -0.2) is 27.0 Å². The zero-order chi connectivity index (χ0) is 13.7. The van der Waals surface area contributed by atoms with Crippen molar-refractivity contribution in [2.75, 3.05) is 5.88 Å². The van der Waals surface area contributed by atoms with Gasteiger partial charge < -0.3 is 10.2 Å². The molecule has 0 saturated heterocycles. The van der Waals surface area contributed by atoms with Gasteiger partial charge in [0.2, 0.25) is 0 Å². The van der Waals surface area contributed by atoms with E-state index in [0.717, 1.165) is 0 Å². The van der Waals surface area contributed by atoms with Gasteiger partial charge in [-0.1, -0.05) is 6.07 Å². The molecule has 7 heteroatoms. The maximum atomic E-state index is 10.8. The third kappa shape index (κ3) is 3.41. The predicted molar refractivity (Wildman–Crippen MR) is 64.7 cm³/mol. The van der Waals surface area contributed by atoms with E-state index in [1.54, 1.807) is 0 Å². The Bertz CT molecular complexity index is 463. The van der Waals surface area contributed by atoms with Gasteiger partial charge in [0.25, 0.3) is 5.69 Å². The molecule has 0 fully saturated rings. The first-order chi connectivity index (χ1) is 8.47. The number of hydrogen-bond acceptors (Lipinski definition) is 4. The molecule has 0 bridgehead atoms. The number of carboxylic acids is 1. The van der Waals surface area contributed by atoms with Gasteiger partial charge in [-0.05, 0) is 24.5 Å². The molecule has 1 aromatic carbocycles. The van der Waals surface area contributed by atoms with Gasteiger partial charge in [0, 0.05) is 11.9 Å². The number of aliphatic carboxylic acids is 1. The molecule has 0 amide bonds. The Hall–Kier alpha value is -1.66. The molecule has 1 rings (SSSR count). The maximum Gasteiger partial charge on any atom is 0.337 e. The summed E-state index contributed by atoms with van der Waals surface area (Å²) in [4.78, 5) is 20.7. The van der Waals surface area contributed by atoms with Crippen molar-refractivity contribution < 1.29 is 19.9 Å². The van der Waals surface area contributed by atoms with Crippen molar-refractivity contribution in [3.8, 4) is 0 Å². The van der Waals surface area contributed by atoms with Crippen molar-refractivity contribution in [3.63, 3.8) is 0 Å². The third-order valence-corrected chi connectivity index (χ3v) is 2.68. The van der Waals surface area contributed by atoms with E-state index in [4.69, 9.17) is 16.7 Å². The summed E-state index contributed by atoms with van der Waals surface area (Å²) in [6, 6.07) is 4.07. The summed E-state index contributed by atoms with van der Waals surface area (Å²) >= 11 is 5.53. The Morgan fingerprint density at radius 2 is 2.17 bits per heavy atom. The van der Waals surface area contributed by atoms with E-state index < -0.39 is 22.7 Å². The van der Waals surface area contributed by atoms with Crippen LogP contribution in [0, 0.1) is 10.1 Å². The SMILES string of the molecule is O=C(O)C(O)c1cc(CCCCl)ccc1[N+](=O)[O-]. The van der Waals surface area contributed by atoms with Crippen LogP contribution in [0.15, 0.2) is 18.2 Å². The first-order valence-electron chi connectivity index (χ1n) is 5.21. The number of nitrogens with zero attached hydrogens (tertiary/aromatic N) is 1. The molecule has 2 N–H and O–H groups in total. The molecule has 0 aliphatic carbocycles. The summed E-state index contributed by atoms with van der Waals surface area (Å²) in [5.41, 5.74) is 0.0932. The largest absolute Gasteiger partial charge is 0.479 e. The average molecular weight is 274 g/mol. The number of nitro benzene ring substituents is 1. The van der Waals surface area contributed by atoms with Crippen molar-refractivity contribution >= 4 is 23.3 Å². The molecule has 1 aromatic rings. The molecular formula is C11H12ClNO5. The van der Waals surface area contributed by atoms with Gasteiger partial charge in [-0.3, -0.25) is 10.1 Å². The fraction of sp³-hybridized carbons (Fsp3) is 0.364. The highest BCUT2D eigenvalue weighted by atomic mass is 35.5. The molecule has 0 saturated carbocycles. The van der Waals surface area contributed by atoms with E-state index in [2.05, 4.69) is 0 Å². The lowest BCUT2D eigenvalue weighted by Gasteiger charge is -2.09. The van der Waals surface area contributed by atoms with Gasteiger partial charge in [0.15, 0.2) is 6.10 Å². The van der Waals surface area contributed by atoms with Crippen LogP contribution in [0.3, 0.4) is 0 Å². The van der Waals surface area contributed by atoms with Crippen molar-refractivity contribution in [1.82, 2.24) is 0 Å². The molecule has 6 nitrogen and oxygen atoms in total. The van der Waals surface area contributed by atoms with Crippen LogP contribution in [0.4, 0.5) is 5.69 Å². The van der Waals surface area contributed by atoms with Gasteiger partial charge in [-0.15, -0.1) is 11.6 Å². The molecular weight excluding hydrogens is 262 g/mol. The molecule has 98 valence electrons. The Kier molecular flexibility index (Phi) is 5.06. The second kappa shape index (κ2) is 6.32. The number of carbonyl (C=O) groups is 1. The van der Waals surface area contributed by atoms with Gasteiger partial charge in [-0.2, -0.15) is 0 Å². The summed E-state index contributed by atoms with van der Waals surface area (Å²) < 4.78 is 0. The molecule has 0 radical (unpaired) electrons. The number of rotatable bonds is 6. The Labute approximate surface area is 108 Å². The minimum atomic E-state index is -1.90. The monoisotopic (exact) mass is 273 g/mol. The highest BCUT2D eigenvalue weighted by Crippen LogP contribution is 2.27. The van der Waals surface area contributed by atoms with E-state index in [-0.39, 0.29) is 5.56 Å². The number of halogens is 1. The Morgan fingerprint density at radius 1 is 1.50 bits per heavy atom. The second-order valence-electron chi connectivity index (χ2n) is 3.68. The van der Waals surface area contributed by atoms with Gasteiger partial charge >= 0.3 is 5.97 Å². The Morgan fingerprint density at radius 3 is 2.67 bits per heavy atom. The summed E-state index contributed by atoms with van der Waals surface area (Å²) in [5, 5.41) is 28.9. The normalized spacial score (nSPS) is 12.1. The van der Waals surface area contributed by atoms with E-state index in [1.165, 1.54) is 18.2 Å². The number of aryl methyl sites for hydroxylation is 1. The average Bonchev–Trinajstić information content (AvgIpc) is 2.34. The van der Waals surface area contributed by atoms with E-state index in [0.29, 0.717) is 24.3 Å². The number of alkyl halides is 1. The van der Waals surface area contributed by atoms with Crippen molar-refractivity contribution in [2.24, 2.45) is 0 Å². The lowest BCUT2D eigenvalue weighted by Crippen LogP contribution is -2.13. The third-order valence-electron chi connectivity index (χ3n) is 2.42. The first-order valence-corrected chi connectivity index (χ1v) is 5.75. The smallest absolute Gasteiger partial charge is 0.337 e. The number of aliphatic hydroxyl groups excluding tert-OH is 1. The van der Waals surface area contributed by atoms with Crippen LogP contribution in [0.2, 0.25) is 0 Å². The highest BCUT2D eigenvalue weighted by molar-refractivity contribution is 6.17. The van der Waals surface area contributed by atoms with Gasteiger partial charge in [0.1, 0.15) is 0 Å². The molecule has 18 heavy (non-hydrogen) atoms.